The molecule has 164 valence electrons. The molecular formula is C21H18N4O6S. The highest BCUT2D eigenvalue weighted by atomic mass is 32.2. The van der Waals surface area contributed by atoms with E-state index >= 15 is 0 Å². The maximum atomic E-state index is 13.2. The number of Topliss-reactive ketones (excluding diaryl/α,β-unsaturated/α-hetero) is 1. The van der Waals surface area contributed by atoms with Gasteiger partial charge in [0.1, 0.15) is 5.82 Å². The zero-order valence-corrected chi connectivity index (χ0v) is 17.6. The second-order valence-corrected chi connectivity index (χ2v) is 8.49. The third-order valence-corrected chi connectivity index (χ3v) is 6.47. The lowest BCUT2D eigenvalue weighted by Crippen LogP contribution is -2.33. The van der Waals surface area contributed by atoms with Gasteiger partial charge in [-0.25, -0.2) is 4.98 Å². The Bertz CT molecular complexity index is 1270. The van der Waals surface area contributed by atoms with Crippen LogP contribution in [0.25, 0.3) is 0 Å². The summed E-state index contributed by atoms with van der Waals surface area (Å²) in [7, 11) is 0. The number of anilines is 1. The molecule has 1 atom stereocenters. The summed E-state index contributed by atoms with van der Waals surface area (Å²) in [6.45, 7) is 3.61. The molecule has 0 unspecified atom stereocenters. The van der Waals surface area contributed by atoms with E-state index in [0.29, 0.717) is 53.0 Å². The maximum absolute atomic E-state index is 13.2. The van der Waals surface area contributed by atoms with Gasteiger partial charge in [-0.3, -0.25) is 19.7 Å². The zero-order chi connectivity index (χ0) is 22.4. The van der Waals surface area contributed by atoms with E-state index in [-0.39, 0.29) is 35.1 Å². The molecule has 0 bridgehead atoms. The van der Waals surface area contributed by atoms with Gasteiger partial charge in [0.05, 0.1) is 22.5 Å². The lowest BCUT2D eigenvalue weighted by atomic mass is 9.76. The van der Waals surface area contributed by atoms with Crippen molar-refractivity contribution in [3.63, 3.8) is 0 Å². The second-order valence-electron chi connectivity index (χ2n) is 7.48. The van der Waals surface area contributed by atoms with Gasteiger partial charge in [-0.1, -0.05) is 17.8 Å². The number of allylic oxidation sites excluding steroid dienone is 2. The van der Waals surface area contributed by atoms with E-state index in [1.165, 1.54) is 23.9 Å². The molecule has 0 saturated carbocycles. The van der Waals surface area contributed by atoms with Gasteiger partial charge in [-0.15, -0.1) is 6.58 Å². The Labute approximate surface area is 185 Å². The van der Waals surface area contributed by atoms with Gasteiger partial charge >= 0.3 is 0 Å². The molecule has 1 aromatic carbocycles. The number of thioether (sulfide) groups is 1. The molecule has 0 fully saturated rings. The number of fused-ring (bicyclic) bond motifs is 2. The van der Waals surface area contributed by atoms with Crippen LogP contribution in [0.2, 0.25) is 0 Å². The third-order valence-electron chi connectivity index (χ3n) is 5.60. The molecule has 10 nitrogen and oxygen atoms in total. The summed E-state index contributed by atoms with van der Waals surface area (Å²) in [6, 6.07) is 2.77. The number of carbonyl (C=O) groups excluding carboxylic acids is 1. The van der Waals surface area contributed by atoms with Crippen LogP contribution in [0.3, 0.4) is 0 Å². The van der Waals surface area contributed by atoms with E-state index < -0.39 is 16.4 Å². The number of rotatable bonds is 5. The Morgan fingerprint density at radius 1 is 1.28 bits per heavy atom. The molecule has 0 saturated heterocycles. The van der Waals surface area contributed by atoms with Gasteiger partial charge in [0.2, 0.25) is 6.79 Å². The first-order valence-electron chi connectivity index (χ1n) is 9.97. The number of aromatic amines is 1. The Kier molecular flexibility index (Phi) is 4.97. The fraction of sp³-hybridized carbons (Fsp3) is 0.286. The molecule has 0 spiro atoms. The van der Waals surface area contributed by atoms with Crippen LogP contribution < -0.4 is 20.3 Å². The molecule has 0 radical (unpaired) electrons. The Morgan fingerprint density at radius 2 is 2.06 bits per heavy atom. The molecule has 2 aliphatic heterocycles. The van der Waals surface area contributed by atoms with Crippen molar-refractivity contribution in [2.24, 2.45) is 0 Å². The number of benzene rings is 1. The Morgan fingerprint density at radius 3 is 2.81 bits per heavy atom. The van der Waals surface area contributed by atoms with Crippen molar-refractivity contribution in [1.82, 2.24) is 9.97 Å². The zero-order valence-electron chi connectivity index (χ0n) is 16.8. The Balaban J connectivity index is 1.77. The molecule has 32 heavy (non-hydrogen) atoms. The molecule has 3 aliphatic rings. The lowest BCUT2D eigenvalue weighted by molar-refractivity contribution is -0.385. The van der Waals surface area contributed by atoms with Crippen molar-refractivity contribution in [3.8, 4) is 11.5 Å². The van der Waals surface area contributed by atoms with Crippen LogP contribution in [0, 0.1) is 10.1 Å². The quantitative estimate of drug-likeness (QED) is 0.229. The first kappa shape index (κ1) is 20.3. The summed E-state index contributed by atoms with van der Waals surface area (Å²) < 4.78 is 10.7. The van der Waals surface area contributed by atoms with Crippen molar-refractivity contribution >= 4 is 29.1 Å². The number of ketones is 1. The standard InChI is InChI=1S/C21H18N4O6S/c1-2-6-32-21-23-19-18(20(27)24-21)16(17-11(22-19)4-3-5-13(17)26)10-7-14-15(31-9-30-14)8-12(10)25(28)29/h2,7-8,16H,1,3-6,9H2,(H2,22,23,24,27)/t16-/m1/s1. The van der Waals surface area contributed by atoms with Crippen LogP contribution in [0.5, 0.6) is 11.5 Å². The maximum Gasteiger partial charge on any atom is 0.277 e. The number of hydrogen-bond acceptors (Lipinski definition) is 9. The molecule has 0 amide bonds. The largest absolute Gasteiger partial charge is 0.454 e. The van der Waals surface area contributed by atoms with Gasteiger partial charge in [-0.05, 0) is 18.9 Å². The third kappa shape index (κ3) is 3.25. The normalized spacial score (nSPS) is 18.6. The summed E-state index contributed by atoms with van der Waals surface area (Å²) in [5, 5.41) is 15.5. The van der Waals surface area contributed by atoms with E-state index in [1.54, 1.807) is 6.08 Å². The number of carbonyl (C=O) groups is 1. The summed E-state index contributed by atoms with van der Waals surface area (Å²) >= 11 is 1.31. The Hall–Kier alpha value is -3.60. The first-order chi connectivity index (χ1) is 15.5. The summed E-state index contributed by atoms with van der Waals surface area (Å²) in [6.07, 6.45) is 3.23. The summed E-state index contributed by atoms with van der Waals surface area (Å²) in [5.41, 5.74) is 0.665. The second kappa shape index (κ2) is 7.83. The van der Waals surface area contributed by atoms with Crippen LogP contribution in [-0.4, -0.2) is 33.2 Å². The molecule has 1 aliphatic carbocycles. The number of H-pyrrole nitrogens is 1. The van der Waals surface area contributed by atoms with E-state index in [4.69, 9.17) is 9.47 Å². The molecule has 5 rings (SSSR count). The van der Waals surface area contributed by atoms with Crippen LogP contribution in [0.15, 0.2) is 46.0 Å². The van der Waals surface area contributed by atoms with Crippen molar-refractivity contribution in [2.75, 3.05) is 17.9 Å². The van der Waals surface area contributed by atoms with Gasteiger partial charge in [0.15, 0.2) is 22.4 Å². The van der Waals surface area contributed by atoms with Crippen LogP contribution >= 0.6 is 11.8 Å². The fourth-order valence-corrected chi connectivity index (χ4v) is 4.89. The highest BCUT2D eigenvalue weighted by Crippen LogP contribution is 2.49. The summed E-state index contributed by atoms with van der Waals surface area (Å²) in [4.78, 5) is 44.9. The van der Waals surface area contributed by atoms with Crippen molar-refractivity contribution in [2.45, 2.75) is 30.3 Å². The van der Waals surface area contributed by atoms with Crippen molar-refractivity contribution < 1.29 is 19.2 Å². The fourth-order valence-electron chi connectivity index (χ4n) is 4.29. The number of ether oxygens (including phenoxy) is 2. The minimum Gasteiger partial charge on any atom is -0.454 e. The number of aromatic nitrogens is 2. The highest BCUT2D eigenvalue weighted by molar-refractivity contribution is 7.99. The van der Waals surface area contributed by atoms with Crippen LogP contribution in [0.4, 0.5) is 11.5 Å². The van der Waals surface area contributed by atoms with E-state index in [9.17, 15) is 19.7 Å². The smallest absolute Gasteiger partial charge is 0.277 e. The van der Waals surface area contributed by atoms with Gasteiger partial charge in [-0.2, -0.15) is 0 Å². The molecule has 1 aromatic heterocycles. The average molecular weight is 454 g/mol. The van der Waals surface area contributed by atoms with Gasteiger partial charge < -0.3 is 19.8 Å². The van der Waals surface area contributed by atoms with E-state index in [2.05, 4.69) is 21.9 Å². The van der Waals surface area contributed by atoms with Gasteiger partial charge in [0.25, 0.3) is 11.2 Å². The molecule has 2 aromatic rings. The molecular weight excluding hydrogens is 436 g/mol. The monoisotopic (exact) mass is 454 g/mol. The minimum atomic E-state index is -0.946. The predicted molar refractivity (Wildman–Crippen MR) is 116 cm³/mol. The molecule has 11 heteroatoms. The number of hydrogen-bond donors (Lipinski definition) is 2. The average Bonchev–Trinajstić information content (AvgIpc) is 3.23. The summed E-state index contributed by atoms with van der Waals surface area (Å²) in [5.74, 6) is 0.335. The van der Waals surface area contributed by atoms with Crippen LogP contribution in [0.1, 0.15) is 36.3 Å². The topological polar surface area (TPSA) is 136 Å². The first-order valence-corrected chi connectivity index (χ1v) is 11.0. The predicted octanol–water partition coefficient (Wildman–Crippen LogP) is 3.25. The van der Waals surface area contributed by atoms with E-state index in [1.807, 2.05) is 0 Å². The number of nitrogens with zero attached hydrogens (tertiary/aromatic N) is 2. The van der Waals surface area contributed by atoms with E-state index in [0.717, 1.165) is 0 Å². The van der Waals surface area contributed by atoms with Gasteiger partial charge in [0, 0.05) is 29.0 Å². The SMILES string of the molecule is C=CCSc1nc2c(c(=O)[nH]1)[C@H](c1cc3c(cc1[N+](=O)[O-])OCO3)C1=C(CCCC1=O)N2. The van der Waals surface area contributed by atoms with Crippen molar-refractivity contribution in [1.29, 1.82) is 0 Å². The minimum absolute atomic E-state index is 0.0579. The molecule has 3 heterocycles. The van der Waals surface area contributed by atoms with Crippen molar-refractivity contribution in [3.05, 3.63) is 67.7 Å². The molecule has 2 N–H and O–H groups in total. The highest BCUT2D eigenvalue weighted by Gasteiger charge is 2.41. The lowest BCUT2D eigenvalue weighted by Gasteiger charge is -2.32. The number of nitro groups is 1. The van der Waals surface area contributed by atoms with Crippen LogP contribution in [-0.2, 0) is 4.79 Å². The number of nitro benzene ring substituents is 1. The number of nitrogens with one attached hydrogen (secondary N) is 2.